The minimum Gasteiger partial charge on any atom is -0.506 e. The first-order chi connectivity index (χ1) is 10.3. The number of hydrogen-bond donors (Lipinski definition) is 1. The molecule has 3 rings (SSSR count). The van der Waals surface area contributed by atoms with Crippen molar-refractivity contribution in [2.75, 3.05) is 11.4 Å². The average Bonchev–Trinajstić information content (AvgIpc) is 2.53. The van der Waals surface area contributed by atoms with Crippen molar-refractivity contribution in [3.63, 3.8) is 0 Å². The van der Waals surface area contributed by atoms with Crippen LogP contribution in [-0.4, -0.2) is 17.6 Å². The van der Waals surface area contributed by atoms with Gasteiger partial charge in [0.2, 0.25) is 5.91 Å². The van der Waals surface area contributed by atoms with E-state index in [1.54, 1.807) is 11.0 Å². The first kappa shape index (κ1) is 13.7. The lowest BCUT2D eigenvalue weighted by Crippen LogP contribution is -2.35. The number of hydrogen-bond acceptors (Lipinski definition) is 2. The van der Waals surface area contributed by atoms with E-state index < -0.39 is 0 Å². The van der Waals surface area contributed by atoms with E-state index in [-0.39, 0.29) is 11.7 Å². The average molecular weight is 281 g/mol. The SMILES string of the molecule is O=C(CCc1ccccc1)N1CCCc2cccc(O)c21. The van der Waals surface area contributed by atoms with Gasteiger partial charge in [-0.15, -0.1) is 0 Å². The van der Waals surface area contributed by atoms with Crippen molar-refractivity contribution in [1.82, 2.24) is 0 Å². The van der Waals surface area contributed by atoms with Crippen LogP contribution in [0.15, 0.2) is 48.5 Å². The number of rotatable bonds is 3. The molecule has 0 saturated carbocycles. The Morgan fingerprint density at radius 1 is 1.10 bits per heavy atom. The predicted octanol–water partition coefficient (Wildman–Crippen LogP) is 3.30. The molecule has 0 unspecified atom stereocenters. The molecule has 0 aromatic heterocycles. The second-order valence-electron chi connectivity index (χ2n) is 5.42. The molecule has 0 fully saturated rings. The zero-order valence-electron chi connectivity index (χ0n) is 12.0. The Labute approximate surface area is 124 Å². The van der Waals surface area contributed by atoms with Gasteiger partial charge in [-0.3, -0.25) is 4.79 Å². The van der Waals surface area contributed by atoms with Crippen LogP contribution in [0.4, 0.5) is 5.69 Å². The number of carbonyl (C=O) groups excluding carboxylic acids is 1. The third-order valence-electron chi connectivity index (χ3n) is 3.97. The largest absolute Gasteiger partial charge is 0.506 e. The molecule has 0 spiro atoms. The molecule has 1 heterocycles. The molecule has 0 aliphatic carbocycles. The zero-order valence-corrected chi connectivity index (χ0v) is 12.0. The molecular formula is C18H19NO2. The zero-order chi connectivity index (χ0) is 14.7. The van der Waals surface area contributed by atoms with Crippen molar-refractivity contribution in [1.29, 1.82) is 0 Å². The number of amides is 1. The van der Waals surface area contributed by atoms with Gasteiger partial charge in [0.05, 0.1) is 5.69 Å². The Bertz CT molecular complexity index is 637. The third kappa shape index (κ3) is 2.92. The number of carbonyl (C=O) groups is 1. The fraction of sp³-hybridized carbons (Fsp3) is 0.278. The molecule has 1 aliphatic heterocycles. The highest BCUT2D eigenvalue weighted by atomic mass is 16.3. The fourth-order valence-corrected chi connectivity index (χ4v) is 2.91. The normalized spacial score (nSPS) is 13.8. The van der Waals surface area contributed by atoms with E-state index in [1.165, 1.54) is 5.56 Å². The van der Waals surface area contributed by atoms with E-state index in [1.807, 2.05) is 42.5 Å². The van der Waals surface area contributed by atoms with Crippen LogP contribution in [-0.2, 0) is 17.6 Å². The van der Waals surface area contributed by atoms with Gasteiger partial charge in [-0.05, 0) is 36.5 Å². The van der Waals surface area contributed by atoms with E-state index in [0.29, 0.717) is 18.7 Å². The molecule has 108 valence electrons. The lowest BCUT2D eigenvalue weighted by Gasteiger charge is -2.30. The topological polar surface area (TPSA) is 40.5 Å². The summed E-state index contributed by atoms with van der Waals surface area (Å²) >= 11 is 0. The third-order valence-corrected chi connectivity index (χ3v) is 3.97. The minimum absolute atomic E-state index is 0.0845. The van der Waals surface area contributed by atoms with E-state index in [2.05, 4.69) is 0 Å². The number of benzene rings is 2. The summed E-state index contributed by atoms with van der Waals surface area (Å²) in [4.78, 5) is 14.2. The van der Waals surface area contributed by atoms with E-state index in [0.717, 1.165) is 24.8 Å². The van der Waals surface area contributed by atoms with Gasteiger partial charge in [-0.25, -0.2) is 0 Å². The maximum Gasteiger partial charge on any atom is 0.227 e. The Morgan fingerprint density at radius 2 is 1.90 bits per heavy atom. The number of para-hydroxylation sites is 1. The molecule has 0 saturated heterocycles. The Kier molecular flexibility index (Phi) is 3.91. The monoisotopic (exact) mass is 281 g/mol. The predicted molar refractivity (Wildman–Crippen MR) is 83.5 cm³/mol. The van der Waals surface area contributed by atoms with Crippen LogP contribution in [0.1, 0.15) is 24.0 Å². The van der Waals surface area contributed by atoms with Gasteiger partial charge >= 0.3 is 0 Å². The van der Waals surface area contributed by atoms with E-state index in [9.17, 15) is 9.90 Å². The number of fused-ring (bicyclic) bond motifs is 1. The van der Waals surface area contributed by atoms with E-state index in [4.69, 9.17) is 0 Å². The van der Waals surface area contributed by atoms with Crippen molar-refractivity contribution in [3.05, 3.63) is 59.7 Å². The fourth-order valence-electron chi connectivity index (χ4n) is 2.91. The molecule has 1 N–H and O–H groups in total. The molecule has 3 heteroatoms. The molecule has 0 radical (unpaired) electrons. The quantitative estimate of drug-likeness (QED) is 0.937. The molecule has 2 aromatic carbocycles. The highest BCUT2D eigenvalue weighted by Gasteiger charge is 2.24. The molecule has 3 nitrogen and oxygen atoms in total. The minimum atomic E-state index is 0.0845. The number of anilines is 1. The summed E-state index contributed by atoms with van der Waals surface area (Å²) in [5.74, 6) is 0.293. The lowest BCUT2D eigenvalue weighted by molar-refractivity contribution is -0.118. The highest BCUT2D eigenvalue weighted by molar-refractivity contribution is 5.96. The molecule has 0 atom stereocenters. The number of phenols is 1. The molecule has 1 aliphatic rings. The van der Waals surface area contributed by atoms with Gasteiger partial charge in [-0.1, -0.05) is 42.5 Å². The van der Waals surface area contributed by atoms with Crippen LogP contribution in [0, 0.1) is 0 Å². The second kappa shape index (κ2) is 6.00. The summed E-state index contributed by atoms with van der Waals surface area (Å²) < 4.78 is 0. The van der Waals surface area contributed by atoms with Crippen LogP contribution in [0.3, 0.4) is 0 Å². The Balaban J connectivity index is 1.75. The Morgan fingerprint density at radius 3 is 2.71 bits per heavy atom. The van der Waals surface area contributed by atoms with Crippen LogP contribution < -0.4 is 4.90 Å². The van der Waals surface area contributed by atoms with Gasteiger partial charge in [0, 0.05) is 13.0 Å². The van der Waals surface area contributed by atoms with Crippen LogP contribution in [0.5, 0.6) is 5.75 Å². The number of nitrogens with zero attached hydrogens (tertiary/aromatic N) is 1. The van der Waals surface area contributed by atoms with Gasteiger partial charge in [0.25, 0.3) is 0 Å². The number of aryl methyl sites for hydroxylation is 2. The summed E-state index contributed by atoms with van der Waals surface area (Å²) in [6.45, 7) is 0.693. The van der Waals surface area contributed by atoms with Gasteiger partial charge < -0.3 is 10.0 Å². The van der Waals surface area contributed by atoms with Crippen molar-refractivity contribution in [2.45, 2.75) is 25.7 Å². The summed E-state index contributed by atoms with van der Waals surface area (Å²) in [6, 6.07) is 15.5. The van der Waals surface area contributed by atoms with Crippen molar-refractivity contribution in [3.8, 4) is 5.75 Å². The van der Waals surface area contributed by atoms with Gasteiger partial charge in [0.1, 0.15) is 5.75 Å². The maximum absolute atomic E-state index is 12.5. The van der Waals surface area contributed by atoms with Gasteiger partial charge in [0.15, 0.2) is 0 Å². The Hall–Kier alpha value is -2.29. The van der Waals surface area contributed by atoms with Gasteiger partial charge in [-0.2, -0.15) is 0 Å². The van der Waals surface area contributed by atoms with Crippen LogP contribution in [0.25, 0.3) is 0 Å². The smallest absolute Gasteiger partial charge is 0.227 e. The van der Waals surface area contributed by atoms with Crippen LogP contribution >= 0.6 is 0 Å². The second-order valence-corrected chi connectivity index (χ2v) is 5.42. The maximum atomic E-state index is 12.5. The summed E-state index contributed by atoms with van der Waals surface area (Å²) in [5.41, 5.74) is 2.94. The number of phenolic OH excluding ortho intramolecular Hbond substituents is 1. The molecule has 2 aromatic rings. The first-order valence-electron chi connectivity index (χ1n) is 7.41. The van der Waals surface area contributed by atoms with Crippen LogP contribution in [0.2, 0.25) is 0 Å². The molecular weight excluding hydrogens is 262 g/mol. The molecule has 0 bridgehead atoms. The number of aromatic hydroxyl groups is 1. The standard InChI is InChI=1S/C18H19NO2/c20-16-10-4-8-15-9-5-13-19(18(15)16)17(21)12-11-14-6-2-1-3-7-14/h1-4,6-8,10,20H,5,9,11-13H2. The summed E-state index contributed by atoms with van der Waals surface area (Å²) in [5, 5.41) is 10.1. The van der Waals surface area contributed by atoms with Crippen molar-refractivity contribution in [2.24, 2.45) is 0 Å². The van der Waals surface area contributed by atoms with Crippen molar-refractivity contribution >= 4 is 11.6 Å². The molecule has 1 amide bonds. The highest BCUT2D eigenvalue weighted by Crippen LogP contribution is 2.35. The lowest BCUT2D eigenvalue weighted by atomic mass is 10.00. The molecule has 21 heavy (non-hydrogen) atoms. The first-order valence-corrected chi connectivity index (χ1v) is 7.41. The summed E-state index contributed by atoms with van der Waals surface area (Å²) in [7, 11) is 0. The van der Waals surface area contributed by atoms with E-state index >= 15 is 0 Å². The van der Waals surface area contributed by atoms with Crippen molar-refractivity contribution < 1.29 is 9.90 Å². The summed E-state index contributed by atoms with van der Waals surface area (Å²) in [6.07, 6.45) is 3.08.